The van der Waals surface area contributed by atoms with Crippen LogP contribution in [0.3, 0.4) is 0 Å². The highest BCUT2D eigenvalue weighted by molar-refractivity contribution is 6.39. The van der Waals surface area contributed by atoms with E-state index in [2.05, 4.69) is 449 Å². The molecule has 1 nitrogen and oxygen atoms in total. The summed E-state index contributed by atoms with van der Waals surface area (Å²) in [5.41, 5.74) is 41.5. The lowest BCUT2D eigenvalue weighted by Crippen LogP contribution is -2.23. The Morgan fingerprint density at radius 1 is 0.145 bits per heavy atom. The standard InChI is InChI=1S/C38H28.2C34H26.C31H20O/c1-37(2)28-15-8-7-13-24(28)32-26-18-16-22-11-9-14-25-31(22)33(26)27(20-30(32)37)36-35(25)34-23-12-6-5-10-21(23)17-19-29(34)38(36,3)4;1-33(2)26-11-7-5-9-21(26)23-15-13-19-14-16-24-29-20(18-28(33)31(23)30(19)29)17-25-22-10-6-8-12-27(22)34(3,4)32(24)25;1-33(2)26-11-7-5-9-21(26)23-18-25-29-20(14-13-19-15-16-28(33)31(23)30(19)29)17-24-22-10-6-8-12-27(22)34(3,4)32(24)25;1-31(2)23-12-5-3-9-19(23)22-16-18-15-14-17-8-7-11-21-25(17)26(18)28(29(22)31)30-27(21)20-10-4-6-13-24(20)32-30/h5-20H,1-4H3;2*5-18H,1-4H3;3-16H,1-2H3. The van der Waals surface area contributed by atoms with Gasteiger partial charge in [-0.15, -0.1) is 0 Å². The predicted molar refractivity (Wildman–Crippen MR) is 588 cm³/mol. The average molecular weight is 1760 g/mol. The summed E-state index contributed by atoms with van der Waals surface area (Å²) in [5.74, 6) is 0. The van der Waals surface area contributed by atoms with Crippen LogP contribution in [0.1, 0.15) is 175 Å². The summed E-state index contributed by atoms with van der Waals surface area (Å²) in [6.07, 6.45) is 0. The number of furan rings is 1. The van der Waals surface area contributed by atoms with E-state index in [9.17, 15) is 0 Å². The minimum atomic E-state index is -0.0971. The molecule has 0 aliphatic heterocycles. The molecule has 26 aromatic rings. The zero-order valence-electron chi connectivity index (χ0n) is 80.4. The van der Waals surface area contributed by atoms with Crippen molar-refractivity contribution >= 4 is 162 Å². The third kappa shape index (κ3) is 9.64. The Morgan fingerprint density at radius 2 is 0.522 bits per heavy atom. The Balaban J connectivity index is 0.0000000871. The fourth-order valence-electron chi connectivity index (χ4n) is 29.5. The molecule has 0 saturated heterocycles. The zero-order chi connectivity index (χ0) is 92.7. The molecule has 0 amide bonds. The first-order chi connectivity index (χ1) is 66.8. The van der Waals surface area contributed by atoms with Gasteiger partial charge in [-0.1, -0.05) is 406 Å². The van der Waals surface area contributed by atoms with Crippen LogP contribution in [0.15, 0.2) is 356 Å². The van der Waals surface area contributed by atoms with Gasteiger partial charge in [-0.2, -0.15) is 0 Å². The summed E-state index contributed by atoms with van der Waals surface area (Å²) in [5, 5.41) is 38.3. The second kappa shape index (κ2) is 26.3. The van der Waals surface area contributed by atoms with Crippen LogP contribution >= 0.6 is 0 Å². The maximum atomic E-state index is 6.69. The van der Waals surface area contributed by atoms with Crippen LogP contribution in [0.5, 0.6) is 0 Å². The van der Waals surface area contributed by atoms with Gasteiger partial charge in [0, 0.05) is 59.4 Å². The molecule has 25 aromatic carbocycles. The van der Waals surface area contributed by atoms with Crippen LogP contribution in [-0.4, -0.2) is 0 Å². The Bertz CT molecular complexity index is 10000. The van der Waals surface area contributed by atoms with Gasteiger partial charge in [0.05, 0.1) is 0 Å². The third-order valence-electron chi connectivity index (χ3n) is 35.6. The van der Waals surface area contributed by atoms with E-state index in [0.29, 0.717) is 0 Å². The Hall–Kier alpha value is -15.3. The van der Waals surface area contributed by atoms with E-state index in [1.807, 2.05) is 0 Å². The quantitative estimate of drug-likeness (QED) is 0.138. The first kappa shape index (κ1) is 79.0. The summed E-state index contributed by atoms with van der Waals surface area (Å²) >= 11 is 0. The van der Waals surface area contributed by atoms with Crippen molar-refractivity contribution in [1.82, 2.24) is 0 Å². The minimum absolute atomic E-state index is 0.0111. The van der Waals surface area contributed by atoms with Crippen LogP contribution in [-0.2, 0) is 37.9 Å². The summed E-state index contributed by atoms with van der Waals surface area (Å²) in [6, 6.07) is 133. The van der Waals surface area contributed by atoms with Gasteiger partial charge >= 0.3 is 0 Å². The van der Waals surface area contributed by atoms with Crippen molar-refractivity contribution in [1.29, 1.82) is 0 Å². The van der Waals surface area contributed by atoms with Crippen LogP contribution < -0.4 is 0 Å². The smallest absolute Gasteiger partial charge is 0.144 e. The summed E-state index contributed by atoms with van der Waals surface area (Å²) in [4.78, 5) is 0. The van der Waals surface area contributed by atoms with Gasteiger partial charge in [0.15, 0.2) is 0 Å². The SMILES string of the molecule is CC1(C)c2ccccc2-c2c1cc1c3c(c4cccc5ccc2c1c54)-c1c(ccc2ccccc12)C3(C)C.CC1(C)c2ccccc2-c2cc3cc4c5c(ccc6ccc(c21)c3c65)-c1ccccc1C4(C)C.CC1(C)c2ccccc2-c2cc3ccc4ccc5c6c(cc(c21)c3c46)-c1ccccc1C5(C)C.CC1(C)c2ccccc2-c2cc3ccc4cccc5c6c7ccccc7oc6c(c21)c3c45. The first-order valence-electron chi connectivity index (χ1n) is 49.9. The van der Waals surface area contributed by atoms with Gasteiger partial charge in [-0.25, -0.2) is 0 Å². The van der Waals surface area contributed by atoms with Gasteiger partial charge < -0.3 is 4.42 Å². The van der Waals surface area contributed by atoms with Gasteiger partial charge in [0.25, 0.3) is 0 Å². The Morgan fingerprint density at radius 3 is 1.16 bits per heavy atom. The number of hydrogen-bond acceptors (Lipinski definition) is 1. The molecule has 1 heterocycles. The van der Waals surface area contributed by atoms with Crippen molar-refractivity contribution in [2.75, 3.05) is 0 Å². The van der Waals surface area contributed by atoms with Crippen molar-refractivity contribution in [3.63, 3.8) is 0 Å². The minimum Gasteiger partial charge on any atom is -0.455 e. The molecule has 0 unspecified atom stereocenters. The summed E-state index contributed by atoms with van der Waals surface area (Å²) in [6.45, 7) is 33.6. The van der Waals surface area contributed by atoms with Crippen molar-refractivity contribution in [2.45, 2.75) is 135 Å². The monoisotopic (exact) mass is 1760 g/mol. The molecule has 654 valence electrons. The molecule has 0 bridgehead atoms. The van der Waals surface area contributed by atoms with E-state index in [-0.39, 0.29) is 37.9 Å². The first-order valence-corrected chi connectivity index (χ1v) is 49.9. The van der Waals surface area contributed by atoms with E-state index >= 15 is 0 Å². The van der Waals surface area contributed by atoms with Crippen LogP contribution in [0.25, 0.3) is 240 Å². The Kier molecular flexibility index (Phi) is 15.1. The molecule has 0 fully saturated rings. The molecule has 7 aliphatic carbocycles. The van der Waals surface area contributed by atoms with E-state index in [1.165, 1.54) is 307 Å². The van der Waals surface area contributed by atoms with Gasteiger partial charge in [0.2, 0.25) is 0 Å². The Labute approximate surface area is 803 Å². The topological polar surface area (TPSA) is 13.1 Å². The van der Waals surface area contributed by atoms with E-state index in [4.69, 9.17) is 4.42 Å². The van der Waals surface area contributed by atoms with Crippen LogP contribution in [0.2, 0.25) is 0 Å². The lowest BCUT2D eigenvalue weighted by molar-refractivity contribution is 0.645. The van der Waals surface area contributed by atoms with E-state index in [1.54, 1.807) is 0 Å². The highest BCUT2D eigenvalue weighted by atomic mass is 16.3. The summed E-state index contributed by atoms with van der Waals surface area (Å²) in [7, 11) is 0. The molecule has 1 heteroatoms. The van der Waals surface area contributed by atoms with Crippen molar-refractivity contribution in [3.05, 3.63) is 430 Å². The normalized spacial score (nSPS) is 16.2. The van der Waals surface area contributed by atoms with E-state index < -0.39 is 0 Å². The number of fused-ring (bicyclic) bond motifs is 32. The molecule has 138 heavy (non-hydrogen) atoms. The van der Waals surface area contributed by atoms with E-state index in [0.717, 1.165) is 11.2 Å². The molecular formula is C137H100O. The molecule has 0 atom stereocenters. The predicted octanol–water partition coefficient (Wildman–Crippen LogP) is 37.5. The van der Waals surface area contributed by atoms with Gasteiger partial charge in [-0.05, 0) is 328 Å². The number of para-hydroxylation sites is 1. The fraction of sp³-hybridized carbons (Fsp3) is 0.153. The van der Waals surface area contributed by atoms with Crippen LogP contribution in [0.4, 0.5) is 0 Å². The molecule has 0 spiro atoms. The van der Waals surface area contributed by atoms with Crippen molar-refractivity contribution in [2.24, 2.45) is 0 Å². The van der Waals surface area contributed by atoms with Crippen molar-refractivity contribution in [3.8, 4) is 77.9 Å². The molecule has 0 radical (unpaired) electrons. The second-order valence-electron chi connectivity index (χ2n) is 44.9. The third-order valence-corrected chi connectivity index (χ3v) is 35.6. The largest absolute Gasteiger partial charge is 0.455 e. The maximum absolute atomic E-state index is 6.69. The van der Waals surface area contributed by atoms with Crippen molar-refractivity contribution < 1.29 is 4.42 Å². The molecule has 0 N–H and O–H groups in total. The second-order valence-corrected chi connectivity index (χ2v) is 44.9. The van der Waals surface area contributed by atoms with Gasteiger partial charge in [0.1, 0.15) is 11.2 Å². The molecular weight excluding hydrogens is 1660 g/mol. The van der Waals surface area contributed by atoms with Gasteiger partial charge in [-0.3, -0.25) is 0 Å². The molecule has 0 saturated carbocycles. The van der Waals surface area contributed by atoms with Crippen LogP contribution in [0, 0.1) is 0 Å². The fourth-order valence-corrected chi connectivity index (χ4v) is 29.5. The number of benzene rings is 25. The lowest BCUT2D eigenvalue weighted by atomic mass is 9.67. The average Bonchev–Trinajstić information content (AvgIpc) is 1.37. The molecule has 7 aliphatic rings. The highest BCUT2D eigenvalue weighted by Crippen LogP contribution is 2.66. The summed E-state index contributed by atoms with van der Waals surface area (Å²) < 4.78 is 6.69. The lowest BCUT2D eigenvalue weighted by Gasteiger charge is -2.36. The molecule has 1 aromatic heterocycles. The number of hydrogen-bond donors (Lipinski definition) is 0. The maximum Gasteiger partial charge on any atom is 0.144 e. The number of rotatable bonds is 0. The molecule has 33 rings (SSSR count). The zero-order valence-corrected chi connectivity index (χ0v) is 80.4. The highest BCUT2D eigenvalue weighted by Gasteiger charge is 2.48.